The molecule has 2 unspecified atom stereocenters. The van der Waals surface area contributed by atoms with Crippen molar-refractivity contribution in [2.45, 2.75) is 37.5 Å². The zero-order valence-corrected chi connectivity index (χ0v) is 14.8. The molecule has 7 aliphatic rings. The molecule has 1 heterocycles. The summed E-state index contributed by atoms with van der Waals surface area (Å²) in [5, 5.41) is 2.72. The van der Waals surface area contributed by atoms with Gasteiger partial charge in [-0.25, -0.2) is 0 Å². The van der Waals surface area contributed by atoms with Crippen molar-refractivity contribution in [2.75, 3.05) is 0 Å². The minimum atomic E-state index is 0.454. The van der Waals surface area contributed by atoms with E-state index in [0.717, 1.165) is 11.8 Å². The number of fused-ring (bicyclic) bond motifs is 3. The van der Waals surface area contributed by atoms with E-state index in [2.05, 4.69) is 54.8 Å². The molecule has 1 saturated carbocycles. The van der Waals surface area contributed by atoms with Gasteiger partial charge >= 0.3 is 0 Å². The molecule has 0 spiro atoms. The molecule has 126 valence electrons. The molecule has 0 N–H and O–H groups in total. The number of hydrogen-bond donors (Lipinski definition) is 0. The summed E-state index contributed by atoms with van der Waals surface area (Å²) in [7, 11) is 0. The van der Waals surface area contributed by atoms with Gasteiger partial charge in [0.05, 0.1) is 5.35 Å². The van der Waals surface area contributed by atoms with Crippen molar-refractivity contribution < 1.29 is 0 Å². The second-order valence-electron chi connectivity index (χ2n) is 8.69. The predicted octanol–water partition coefficient (Wildman–Crippen LogP) is 3.95. The van der Waals surface area contributed by atoms with E-state index in [4.69, 9.17) is 4.98 Å². The Bertz CT molecular complexity index is 1140. The highest BCUT2D eigenvalue weighted by Crippen LogP contribution is 2.50. The van der Waals surface area contributed by atoms with E-state index in [1.54, 1.807) is 11.1 Å². The number of pyridine rings is 1. The zero-order chi connectivity index (χ0) is 16.8. The molecule has 2 bridgehead atoms. The molecule has 1 heteroatoms. The maximum atomic E-state index is 5.05. The van der Waals surface area contributed by atoms with Gasteiger partial charge in [-0.3, -0.25) is 4.98 Å². The van der Waals surface area contributed by atoms with Crippen LogP contribution in [0.1, 0.15) is 48.6 Å². The van der Waals surface area contributed by atoms with Crippen LogP contribution in [-0.4, -0.2) is 4.98 Å². The van der Waals surface area contributed by atoms with Crippen LogP contribution in [0.3, 0.4) is 0 Å². The molecule has 8 rings (SSSR count). The summed E-state index contributed by atoms with van der Waals surface area (Å²) >= 11 is 0. The van der Waals surface area contributed by atoms with Crippen molar-refractivity contribution in [3.05, 3.63) is 87.1 Å². The van der Waals surface area contributed by atoms with Crippen molar-refractivity contribution in [1.29, 1.82) is 0 Å². The van der Waals surface area contributed by atoms with Crippen molar-refractivity contribution >= 4 is 11.6 Å². The lowest BCUT2D eigenvalue weighted by molar-refractivity contribution is 0.355. The molecule has 26 heavy (non-hydrogen) atoms. The van der Waals surface area contributed by atoms with Gasteiger partial charge in [-0.05, 0) is 77.0 Å². The average molecular weight is 335 g/mol. The molecule has 1 fully saturated rings. The van der Waals surface area contributed by atoms with Crippen LogP contribution in [0.4, 0.5) is 0 Å². The molecule has 0 aliphatic heterocycles. The maximum Gasteiger partial charge on any atom is 0.0743 e. The van der Waals surface area contributed by atoms with Gasteiger partial charge < -0.3 is 0 Å². The minimum absolute atomic E-state index is 0.454. The van der Waals surface area contributed by atoms with E-state index >= 15 is 0 Å². The van der Waals surface area contributed by atoms with Crippen LogP contribution in [0.25, 0.3) is 11.6 Å². The monoisotopic (exact) mass is 335 g/mol. The van der Waals surface area contributed by atoms with Gasteiger partial charge in [-0.2, -0.15) is 0 Å². The maximum absolute atomic E-state index is 5.05. The highest BCUT2D eigenvalue weighted by atomic mass is 14.7. The van der Waals surface area contributed by atoms with Crippen LogP contribution in [0.15, 0.2) is 65.4 Å². The largest absolute Gasteiger partial charge is 0.256 e. The summed E-state index contributed by atoms with van der Waals surface area (Å²) in [5.41, 5.74) is 9.05. The molecular formula is C25H21N. The third kappa shape index (κ3) is 1.56. The first kappa shape index (κ1) is 13.7. The summed E-state index contributed by atoms with van der Waals surface area (Å²) in [4.78, 5) is 5.05. The van der Waals surface area contributed by atoms with Crippen LogP contribution >= 0.6 is 0 Å². The van der Waals surface area contributed by atoms with Gasteiger partial charge in [0.25, 0.3) is 0 Å². The zero-order valence-electron chi connectivity index (χ0n) is 14.8. The molecule has 0 radical (unpaired) electrons. The number of allylic oxidation sites excluding steroid dienone is 10. The first-order valence-corrected chi connectivity index (χ1v) is 10.1. The summed E-state index contributed by atoms with van der Waals surface area (Å²) in [6.45, 7) is 0. The molecule has 0 aromatic carbocycles. The minimum Gasteiger partial charge on any atom is -0.256 e. The topological polar surface area (TPSA) is 12.9 Å². The lowest BCUT2D eigenvalue weighted by Crippen LogP contribution is -2.45. The van der Waals surface area contributed by atoms with Crippen LogP contribution in [0.2, 0.25) is 0 Å². The predicted molar refractivity (Wildman–Crippen MR) is 105 cm³/mol. The van der Waals surface area contributed by atoms with Gasteiger partial charge in [-0.1, -0.05) is 42.5 Å². The van der Waals surface area contributed by atoms with Crippen LogP contribution in [-0.2, 0) is 0 Å². The van der Waals surface area contributed by atoms with Gasteiger partial charge in [-0.15, -0.1) is 0 Å². The van der Waals surface area contributed by atoms with Crippen molar-refractivity contribution in [3.8, 4) is 0 Å². The SMILES string of the molecule is C1=CC2=CC=C3C=c4c5c(cnc4=C4C=CC(=C1)C2C34)C1CCC5CC1. The fourth-order valence-corrected chi connectivity index (χ4v) is 6.45. The van der Waals surface area contributed by atoms with Crippen molar-refractivity contribution in [1.82, 2.24) is 4.98 Å². The summed E-state index contributed by atoms with van der Waals surface area (Å²) in [5.74, 6) is 2.46. The Balaban J connectivity index is 1.60. The lowest BCUT2D eigenvalue weighted by atomic mass is 9.63. The lowest BCUT2D eigenvalue weighted by Gasteiger charge is -2.41. The number of nitrogens with zero attached hydrogens (tertiary/aromatic N) is 1. The van der Waals surface area contributed by atoms with E-state index < -0.39 is 0 Å². The van der Waals surface area contributed by atoms with Gasteiger partial charge in [0, 0.05) is 23.3 Å². The Morgan fingerprint density at radius 2 is 1.58 bits per heavy atom. The van der Waals surface area contributed by atoms with E-state index in [1.807, 2.05) is 0 Å². The van der Waals surface area contributed by atoms with Gasteiger partial charge in [0.15, 0.2) is 0 Å². The highest BCUT2D eigenvalue weighted by molar-refractivity contribution is 5.78. The molecule has 1 aromatic rings. The smallest absolute Gasteiger partial charge is 0.0743 e. The van der Waals surface area contributed by atoms with E-state index in [-0.39, 0.29) is 0 Å². The van der Waals surface area contributed by atoms with E-state index in [0.29, 0.717) is 11.8 Å². The Morgan fingerprint density at radius 1 is 0.769 bits per heavy atom. The summed E-state index contributed by atoms with van der Waals surface area (Å²) < 4.78 is 0. The van der Waals surface area contributed by atoms with Crippen molar-refractivity contribution in [3.63, 3.8) is 0 Å². The third-order valence-corrected chi connectivity index (χ3v) is 7.60. The van der Waals surface area contributed by atoms with E-state index in [9.17, 15) is 0 Å². The van der Waals surface area contributed by atoms with Gasteiger partial charge in [0.1, 0.15) is 0 Å². The number of hydrogen-bond acceptors (Lipinski definition) is 1. The average Bonchev–Trinajstić information content (AvgIpc) is 2.72. The summed E-state index contributed by atoms with van der Waals surface area (Å²) in [6.07, 6.45) is 26.4. The fraction of sp³-hybridized carbons (Fsp3) is 0.320. The fourth-order valence-electron chi connectivity index (χ4n) is 6.45. The first-order valence-electron chi connectivity index (χ1n) is 10.1. The molecule has 7 aliphatic carbocycles. The quantitative estimate of drug-likeness (QED) is 0.700. The van der Waals surface area contributed by atoms with Crippen LogP contribution in [0, 0.1) is 11.8 Å². The third-order valence-electron chi connectivity index (χ3n) is 7.60. The molecule has 0 amide bonds. The Labute approximate surface area is 153 Å². The van der Waals surface area contributed by atoms with E-state index in [1.165, 1.54) is 58.5 Å². The normalized spacial score (nSPS) is 34.2. The second-order valence-corrected chi connectivity index (χ2v) is 8.69. The second kappa shape index (κ2) is 4.65. The standard InChI is InChI=1S/C25H21N/c1-2-15-8-9-18-12-20-23-17-6-4-14(5-7-17)21(23)13-26-25(20)19-11-10-16(3-1)22(15)24(18)19/h1-3,8-14,17,22,24H,4-7H2. The Morgan fingerprint density at radius 3 is 2.50 bits per heavy atom. The molecule has 0 saturated heterocycles. The van der Waals surface area contributed by atoms with Crippen molar-refractivity contribution in [2.24, 2.45) is 11.8 Å². The molecule has 1 aromatic heterocycles. The van der Waals surface area contributed by atoms with Crippen LogP contribution in [0.5, 0.6) is 0 Å². The first-order chi connectivity index (χ1) is 12.9. The molecule has 1 nitrogen and oxygen atoms in total. The number of rotatable bonds is 0. The number of aromatic nitrogens is 1. The summed E-state index contributed by atoms with van der Waals surface area (Å²) in [6, 6.07) is 0. The highest BCUT2D eigenvalue weighted by Gasteiger charge is 2.40. The molecule has 2 atom stereocenters. The Hall–Kier alpha value is -2.41. The van der Waals surface area contributed by atoms with Crippen LogP contribution < -0.4 is 10.6 Å². The Kier molecular flexibility index (Phi) is 2.46. The van der Waals surface area contributed by atoms with Gasteiger partial charge in [0.2, 0.25) is 0 Å². The molecular weight excluding hydrogens is 314 g/mol.